The Labute approximate surface area is 83.3 Å². The molecule has 74 valence electrons. The maximum absolute atomic E-state index is 10.9. The van der Waals surface area contributed by atoms with E-state index in [0.717, 1.165) is 5.56 Å². The Balaban J connectivity index is 1.81. The largest absolute Gasteiger partial charge is 0.353 e. The monoisotopic (exact) mass is 191 g/mol. The summed E-state index contributed by atoms with van der Waals surface area (Å²) in [4.78, 5) is 12.5. The minimum absolute atomic E-state index is 0.0253. The summed E-state index contributed by atoms with van der Waals surface area (Å²) in [7, 11) is 1.77. The molecule has 0 aromatic heterocycles. The number of amides is 1. The third-order valence-corrected chi connectivity index (χ3v) is 2.46. The van der Waals surface area contributed by atoms with Crippen LogP contribution < -0.4 is 0 Å². The van der Waals surface area contributed by atoms with Crippen LogP contribution in [0.3, 0.4) is 0 Å². The Hall–Kier alpha value is -1.35. The summed E-state index contributed by atoms with van der Waals surface area (Å²) < 4.78 is 5.55. The smallest absolute Gasteiger partial charge is 0.228 e. The summed E-state index contributed by atoms with van der Waals surface area (Å²) in [6.45, 7) is 0.573. The summed E-state index contributed by atoms with van der Waals surface area (Å²) in [5.41, 5.74) is 1.14. The molecule has 0 bridgehead atoms. The van der Waals surface area contributed by atoms with Crippen molar-refractivity contribution >= 4 is 5.91 Å². The number of likely N-dealkylation sites (tertiary alicyclic amines) is 1. The molecule has 0 radical (unpaired) electrons. The highest BCUT2D eigenvalue weighted by molar-refractivity contribution is 5.82. The summed E-state index contributed by atoms with van der Waals surface area (Å²) >= 11 is 0. The zero-order valence-corrected chi connectivity index (χ0v) is 8.14. The molecule has 1 amide bonds. The fourth-order valence-corrected chi connectivity index (χ4v) is 1.42. The van der Waals surface area contributed by atoms with E-state index in [4.69, 9.17) is 4.74 Å². The van der Waals surface area contributed by atoms with Gasteiger partial charge in [0, 0.05) is 7.05 Å². The molecule has 1 aromatic carbocycles. The Morgan fingerprint density at radius 2 is 2.14 bits per heavy atom. The quantitative estimate of drug-likeness (QED) is 0.676. The maximum Gasteiger partial charge on any atom is 0.228 e. The van der Waals surface area contributed by atoms with Crippen molar-refractivity contribution in [2.75, 3.05) is 7.05 Å². The predicted octanol–water partition coefficient (Wildman–Crippen LogP) is 1.39. The lowest BCUT2D eigenvalue weighted by molar-refractivity contribution is -0.171. The molecule has 3 nitrogen and oxygen atoms in total. The molecule has 2 rings (SSSR count). The van der Waals surface area contributed by atoms with E-state index < -0.39 is 0 Å². The van der Waals surface area contributed by atoms with Crippen molar-refractivity contribution in [2.45, 2.75) is 19.3 Å². The van der Waals surface area contributed by atoms with Crippen LogP contribution in [0.25, 0.3) is 0 Å². The van der Waals surface area contributed by atoms with Crippen LogP contribution in [0.4, 0.5) is 0 Å². The second-order valence-electron chi connectivity index (χ2n) is 3.46. The first kappa shape index (κ1) is 9.21. The molecule has 0 saturated carbocycles. The first-order valence-electron chi connectivity index (χ1n) is 4.68. The fourth-order valence-electron chi connectivity index (χ4n) is 1.42. The molecular formula is C11H13NO2. The first-order chi connectivity index (χ1) is 6.77. The molecule has 1 heterocycles. The number of β-lactam (4-membered cyclic amide) rings is 1. The van der Waals surface area contributed by atoms with Crippen LogP contribution in [0.5, 0.6) is 0 Å². The molecule has 1 aromatic rings. The highest BCUT2D eigenvalue weighted by Crippen LogP contribution is 2.18. The summed E-state index contributed by atoms with van der Waals surface area (Å²) in [6, 6.07) is 9.96. The molecule has 0 spiro atoms. The third-order valence-electron chi connectivity index (χ3n) is 2.46. The minimum atomic E-state index is -0.0253. The number of carbonyl (C=O) groups excluding carboxylic acids is 1. The average Bonchev–Trinajstić information content (AvgIpc) is 2.25. The second kappa shape index (κ2) is 3.80. The maximum atomic E-state index is 10.9. The number of nitrogens with zero attached hydrogens (tertiary/aromatic N) is 1. The van der Waals surface area contributed by atoms with Crippen LogP contribution in [0.1, 0.15) is 12.0 Å². The van der Waals surface area contributed by atoms with Crippen molar-refractivity contribution in [1.29, 1.82) is 0 Å². The number of hydrogen-bond donors (Lipinski definition) is 0. The SMILES string of the molecule is CN1C(=O)CC1OCc1ccccc1. The summed E-state index contributed by atoms with van der Waals surface area (Å²) in [6.07, 6.45) is 0.492. The van der Waals surface area contributed by atoms with E-state index >= 15 is 0 Å². The van der Waals surface area contributed by atoms with E-state index in [2.05, 4.69) is 0 Å². The molecule has 1 fully saturated rings. The van der Waals surface area contributed by atoms with E-state index in [0.29, 0.717) is 13.0 Å². The molecule has 1 saturated heterocycles. The van der Waals surface area contributed by atoms with Gasteiger partial charge >= 0.3 is 0 Å². The zero-order chi connectivity index (χ0) is 9.97. The second-order valence-corrected chi connectivity index (χ2v) is 3.46. The zero-order valence-electron chi connectivity index (χ0n) is 8.14. The number of benzene rings is 1. The topological polar surface area (TPSA) is 29.5 Å². The van der Waals surface area contributed by atoms with Gasteiger partial charge < -0.3 is 9.64 Å². The Kier molecular flexibility index (Phi) is 2.50. The Morgan fingerprint density at radius 1 is 1.43 bits per heavy atom. The van der Waals surface area contributed by atoms with Crippen LogP contribution in [0.15, 0.2) is 30.3 Å². The molecule has 14 heavy (non-hydrogen) atoms. The lowest BCUT2D eigenvalue weighted by atomic mass is 10.2. The van der Waals surface area contributed by atoms with Crippen molar-refractivity contribution in [3.63, 3.8) is 0 Å². The van der Waals surface area contributed by atoms with E-state index in [1.165, 1.54) is 0 Å². The van der Waals surface area contributed by atoms with Crippen molar-refractivity contribution in [1.82, 2.24) is 4.90 Å². The molecular weight excluding hydrogens is 178 g/mol. The van der Waals surface area contributed by atoms with Gasteiger partial charge in [-0.15, -0.1) is 0 Å². The van der Waals surface area contributed by atoms with Crippen LogP contribution >= 0.6 is 0 Å². The number of carbonyl (C=O) groups is 1. The Morgan fingerprint density at radius 3 is 2.71 bits per heavy atom. The van der Waals surface area contributed by atoms with E-state index in [1.54, 1.807) is 11.9 Å². The van der Waals surface area contributed by atoms with Crippen molar-refractivity contribution in [3.8, 4) is 0 Å². The highest BCUT2D eigenvalue weighted by atomic mass is 16.5. The standard InChI is InChI=1S/C11H13NO2/c1-12-10(13)7-11(12)14-8-9-5-3-2-4-6-9/h2-6,11H,7-8H2,1H3. The molecule has 1 atom stereocenters. The normalized spacial score (nSPS) is 20.8. The third kappa shape index (κ3) is 1.77. The van der Waals surface area contributed by atoms with Crippen molar-refractivity contribution < 1.29 is 9.53 Å². The van der Waals surface area contributed by atoms with Gasteiger partial charge in [-0.05, 0) is 5.56 Å². The number of rotatable bonds is 3. The van der Waals surface area contributed by atoms with Crippen molar-refractivity contribution in [3.05, 3.63) is 35.9 Å². The predicted molar refractivity (Wildman–Crippen MR) is 52.4 cm³/mol. The number of hydrogen-bond acceptors (Lipinski definition) is 2. The van der Waals surface area contributed by atoms with Gasteiger partial charge in [-0.2, -0.15) is 0 Å². The molecule has 1 aliphatic heterocycles. The van der Waals surface area contributed by atoms with Gasteiger partial charge in [0.05, 0.1) is 13.0 Å². The summed E-state index contributed by atoms with van der Waals surface area (Å²) in [5, 5.41) is 0. The van der Waals surface area contributed by atoms with E-state index in [9.17, 15) is 4.79 Å². The lowest BCUT2D eigenvalue weighted by Gasteiger charge is -2.36. The number of ether oxygens (including phenoxy) is 1. The Bertz CT molecular complexity index is 323. The van der Waals surface area contributed by atoms with Crippen LogP contribution in [0, 0.1) is 0 Å². The first-order valence-corrected chi connectivity index (χ1v) is 4.68. The van der Waals surface area contributed by atoms with Gasteiger partial charge in [0.25, 0.3) is 0 Å². The van der Waals surface area contributed by atoms with Gasteiger partial charge in [0.2, 0.25) is 5.91 Å². The van der Waals surface area contributed by atoms with Gasteiger partial charge in [-0.1, -0.05) is 30.3 Å². The van der Waals surface area contributed by atoms with Crippen LogP contribution in [-0.2, 0) is 16.1 Å². The molecule has 3 heteroatoms. The lowest BCUT2D eigenvalue weighted by Crippen LogP contribution is -2.51. The molecule has 0 N–H and O–H groups in total. The van der Waals surface area contributed by atoms with Gasteiger partial charge in [-0.3, -0.25) is 4.79 Å². The molecule has 1 unspecified atom stereocenters. The van der Waals surface area contributed by atoms with Gasteiger partial charge in [0.1, 0.15) is 6.23 Å². The van der Waals surface area contributed by atoms with Gasteiger partial charge in [-0.25, -0.2) is 0 Å². The van der Waals surface area contributed by atoms with Crippen molar-refractivity contribution in [2.24, 2.45) is 0 Å². The van der Waals surface area contributed by atoms with E-state index in [-0.39, 0.29) is 12.1 Å². The van der Waals surface area contributed by atoms with Crippen LogP contribution in [0.2, 0.25) is 0 Å². The van der Waals surface area contributed by atoms with Crippen LogP contribution in [-0.4, -0.2) is 24.1 Å². The molecule has 1 aliphatic rings. The average molecular weight is 191 g/mol. The fraction of sp³-hybridized carbons (Fsp3) is 0.364. The van der Waals surface area contributed by atoms with Gasteiger partial charge in [0.15, 0.2) is 0 Å². The highest BCUT2D eigenvalue weighted by Gasteiger charge is 2.33. The minimum Gasteiger partial charge on any atom is -0.353 e. The molecule has 0 aliphatic carbocycles. The van der Waals surface area contributed by atoms with E-state index in [1.807, 2.05) is 30.3 Å². The summed E-state index contributed by atoms with van der Waals surface area (Å²) in [5.74, 6) is 0.156.